The van der Waals surface area contributed by atoms with Crippen LogP contribution in [0.15, 0.2) is 12.8 Å². The third-order valence-corrected chi connectivity index (χ3v) is 3.45. The molecule has 0 aliphatic carbocycles. The second-order valence-electron chi connectivity index (χ2n) is 6.71. The maximum atomic E-state index is 9.75. The fraction of sp³-hybridized carbons (Fsp3) is 0.870. The average Bonchev–Trinajstić information content (AvgIpc) is 2.82. The Balaban J connectivity index is 0. The minimum absolute atomic E-state index is 0.0290. The van der Waals surface area contributed by atoms with Crippen LogP contribution in [0.1, 0.15) is 13.8 Å². The molecule has 0 bridgehead atoms. The fourth-order valence-corrected chi connectivity index (χ4v) is 1.98. The lowest BCUT2D eigenvalue weighted by atomic mass is 10.4. The number of carbonyl (C=O) groups is 1. The molecule has 210 valence electrons. The molecule has 1 unspecified atom stereocenters. The van der Waals surface area contributed by atoms with Gasteiger partial charge in [-0.1, -0.05) is 6.58 Å². The molecule has 1 atom stereocenters. The van der Waals surface area contributed by atoms with E-state index in [1.54, 1.807) is 6.92 Å². The third-order valence-electron chi connectivity index (χ3n) is 3.45. The molecule has 0 aromatic carbocycles. The number of aliphatic hydroxyl groups excluding tert-OH is 2. The first-order valence-corrected chi connectivity index (χ1v) is 11.7. The van der Waals surface area contributed by atoms with Crippen LogP contribution in [0.5, 0.6) is 0 Å². The molecular formula is C23H46O12. The third kappa shape index (κ3) is 40.3. The van der Waals surface area contributed by atoms with E-state index in [0.29, 0.717) is 106 Å². The lowest BCUT2D eigenvalue weighted by Crippen LogP contribution is -2.16. The Labute approximate surface area is 209 Å². The predicted octanol–water partition coefficient (Wildman–Crippen LogP) is 0.185. The smallest absolute Gasteiger partial charge is 0.307 e. The first-order chi connectivity index (χ1) is 17.0. The predicted molar refractivity (Wildman–Crippen MR) is 127 cm³/mol. The van der Waals surface area contributed by atoms with Crippen LogP contribution in [-0.4, -0.2) is 135 Å². The van der Waals surface area contributed by atoms with Crippen molar-refractivity contribution in [3.05, 3.63) is 12.8 Å². The Bertz CT molecular complexity index is 423. The maximum absolute atomic E-state index is 9.75. The van der Waals surface area contributed by atoms with E-state index in [1.165, 1.54) is 6.92 Å². The highest BCUT2D eigenvalue weighted by Crippen LogP contribution is 1.86. The Morgan fingerprint density at radius 3 is 1.14 bits per heavy atom. The van der Waals surface area contributed by atoms with E-state index < -0.39 is 6.10 Å². The zero-order chi connectivity index (χ0) is 26.2. The maximum Gasteiger partial charge on any atom is 0.307 e. The van der Waals surface area contributed by atoms with E-state index in [0.717, 1.165) is 6.26 Å². The van der Waals surface area contributed by atoms with Gasteiger partial charge in [0.2, 0.25) is 0 Å². The Hall–Kier alpha value is -1.19. The van der Waals surface area contributed by atoms with Crippen LogP contribution in [0.4, 0.5) is 0 Å². The van der Waals surface area contributed by atoms with Gasteiger partial charge in [-0.2, -0.15) is 0 Å². The summed E-state index contributed by atoms with van der Waals surface area (Å²) in [5, 5.41) is 17.5. The molecule has 0 heterocycles. The van der Waals surface area contributed by atoms with Crippen LogP contribution in [0.25, 0.3) is 0 Å². The number of esters is 1. The molecule has 2 N–H and O–H groups in total. The zero-order valence-corrected chi connectivity index (χ0v) is 21.4. The van der Waals surface area contributed by atoms with Crippen molar-refractivity contribution >= 4 is 5.97 Å². The quantitative estimate of drug-likeness (QED) is 0.0924. The summed E-state index contributed by atoms with van der Waals surface area (Å²) in [5.74, 6) is -0.329. The number of aliphatic hydroxyl groups is 2. The van der Waals surface area contributed by atoms with Crippen LogP contribution >= 0.6 is 0 Å². The van der Waals surface area contributed by atoms with Gasteiger partial charge >= 0.3 is 5.97 Å². The molecular weight excluding hydrogens is 468 g/mol. The zero-order valence-electron chi connectivity index (χ0n) is 21.4. The first kappa shape index (κ1) is 36.0. The highest BCUT2D eigenvalue weighted by molar-refractivity contribution is 5.66. The van der Waals surface area contributed by atoms with Crippen molar-refractivity contribution in [1.82, 2.24) is 0 Å². The molecule has 12 nitrogen and oxygen atoms in total. The van der Waals surface area contributed by atoms with Crippen molar-refractivity contribution in [2.75, 3.05) is 112 Å². The highest BCUT2D eigenvalue weighted by atomic mass is 16.6. The number of hydrogen-bond acceptors (Lipinski definition) is 12. The summed E-state index contributed by atoms with van der Waals surface area (Å²) in [5.41, 5.74) is 0. The molecule has 0 spiro atoms. The number of ether oxygens (including phenoxy) is 9. The summed E-state index contributed by atoms with van der Waals surface area (Å²) in [6.07, 6.45) is 0.653. The lowest BCUT2D eigenvalue weighted by molar-refractivity contribution is -0.135. The molecule has 0 saturated carbocycles. The summed E-state index contributed by atoms with van der Waals surface area (Å²) in [6.45, 7) is 13.9. The second-order valence-corrected chi connectivity index (χ2v) is 6.71. The van der Waals surface area contributed by atoms with Crippen molar-refractivity contribution in [2.24, 2.45) is 0 Å². The lowest BCUT2D eigenvalue weighted by Gasteiger charge is -2.09. The van der Waals surface area contributed by atoms with Crippen LogP contribution in [0.2, 0.25) is 0 Å². The van der Waals surface area contributed by atoms with E-state index in [-0.39, 0.29) is 12.6 Å². The molecule has 12 heteroatoms. The average molecular weight is 515 g/mol. The summed E-state index contributed by atoms with van der Waals surface area (Å²) < 4.78 is 46.5. The normalized spacial score (nSPS) is 11.5. The molecule has 0 aliphatic heterocycles. The van der Waals surface area contributed by atoms with Gasteiger partial charge in [0.15, 0.2) is 0 Å². The number of hydrogen-bond donors (Lipinski definition) is 2. The van der Waals surface area contributed by atoms with Crippen molar-refractivity contribution in [3.63, 3.8) is 0 Å². The van der Waals surface area contributed by atoms with Gasteiger partial charge in [0, 0.05) is 6.92 Å². The van der Waals surface area contributed by atoms with Crippen LogP contribution in [0.3, 0.4) is 0 Å². The van der Waals surface area contributed by atoms with Crippen LogP contribution < -0.4 is 0 Å². The molecule has 0 aliphatic rings. The molecule has 35 heavy (non-hydrogen) atoms. The molecule has 0 aromatic heterocycles. The molecule has 0 fully saturated rings. The molecule has 0 aromatic rings. The van der Waals surface area contributed by atoms with Crippen molar-refractivity contribution < 1.29 is 57.6 Å². The number of carbonyl (C=O) groups excluding carboxylic acids is 1. The summed E-state index contributed by atoms with van der Waals surface area (Å²) in [6, 6.07) is 0. The highest BCUT2D eigenvalue weighted by Gasteiger charge is 1.96. The van der Waals surface area contributed by atoms with Gasteiger partial charge in [-0.3, -0.25) is 4.79 Å². The minimum atomic E-state index is -0.447. The monoisotopic (exact) mass is 514 g/mol. The van der Waals surface area contributed by atoms with Gasteiger partial charge in [0.1, 0.15) is 0 Å². The fourth-order valence-electron chi connectivity index (χ4n) is 1.98. The van der Waals surface area contributed by atoms with Gasteiger partial charge in [-0.25, -0.2) is 0 Å². The van der Waals surface area contributed by atoms with E-state index in [1.807, 2.05) is 0 Å². The molecule has 0 radical (unpaired) electrons. The van der Waals surface area contributed by atoms with Gasteiger partial charge in [0.05, 0.1) is 125 Å². The van der Waals surface area contributed by atoms with Gasteiger partial charge < -0.3 is 52.8 Å². The Morgan fingerprint density at radius 1 is 0.657 bits per heavy atom. The molecule has 0 amide bonds. The van der Waals surface area contributed by atoms with Gasteiger partial charge in [-0.05, 0) is 6.92 Å². The van der Waals surface area contributed by atoms with Crippen molar-refractivity contribution in [3.8, 4) is 0 Å². The summed E-state index contributed by atoms with van der Waals surface area (Å²) in [4.78, 5) is 9.75. The standard InChI is InChI=1S/C19H40O10.C4H6O2/c1-19(21)18-29-17-16-28-15-14-27-13-12-26-11-10-25-9-8-24-7-6-23-5-4-22-3-2-20;1-3-6-4(2)5/h19-21H,2-18H2,1H3;3H,1H2,2H3. The summed E-state index contributed by atoms with van der Waals surface area (Å²) >= 11 is 0. The van der Waals surface area contributed by atoms with Gasteiger partial charge in [-0.15, -0.1) is 0 Å². The SMILES string of the molecule is C=COC(C)=O.CC(O)COCCOCCOCCOCCOCCOCCOCCOCCO. The van der Waals surface area contributed by atoms with Crippen LogP contribution in [-0.2, 0) is 47.4 Å². The van der Waals surface area contributed by atoms with E-state index >= 15 is 0 Å². The Morgan fingerprint density at radius 2 is 0.943 bits per heavy atom. The minimum Gasteiger partial charge on any atom is -0.435 e. The number of rotatable bonds is 26. The second kappa shape index (κ2) is 32.8. The Kier molecular flexibility index (Phi) is 33.7. The van der Waals surface area contributed by atoms with Crippen molar-refractivity contribution in [2.45, 2.75) is 20.0 Å². The first-order valence-electron chi connectivity index (χ1n) is 11.7. The molecule has 0 rings (SSSR count). The summed E-state index contributed by atoms with van der Waals surface area (Å²) in [7, 11) is 0. The molecule has 0 saturated heterocycles. The van der Waals surface area contributed by atoms with Crippen molar-refractivity contribution in [1.29, 1.82) is 0 Å². The topological polar surface area (TPSA) is 141 Å². The van der Waals surface area contributed by atoms with E-state index in [9.17, 15) is 4.79 Å². The largest absolute Gasteiger partial charge is 0.435 e. The van der Waals surface area contributed by atoms with Gasteiger partial charge in [0.25, 0.3) is 0 Å². The van der Waals surface area contributed by atoms with E-state index in [4.69, 9.17) is 48.1 Å². The van der Waals surface area contributed by atoms with E-state index in [2.05, 4.69) is 11.3 Å². The van der Waals surface area contributed by atoms with Crippen LogP contribution in [0, 0.1) is 0 Å².